The Hall–Kier alpha value is -2.82. The zero-order chi connectivity index (χ0) is 16.2. The number of imide groups is 1. The lowest BCUT2D eigenvalue weighted by molar-refractivity contribution is -0.129. The number of benzene rings is 2. The highest BCUT2D eigenvalue weighted by atomic mass is 16.6. The van der Waals surface area contributed by atoms with Gasteiger partial charge in [0.2, 0.25) is 0 Å². The standard InChI is InChI=1S/C18H18N2O3/c1-20(18(22)23-12-13-7-3-2-4-8-13)17(21)16-11-14-9-5-6-10-15(14)19-16/h2-10,16,19H,11-12H2,1H3/t16-/m0/s1. The van der Waals surface area contributed by atoms with Crippen molar-refractivity contribution in [1.29, 1.82) is 0 Å². The Bertz CT molecular complexity index is 690. The van der Waals surface area contributed by atoms with Gasteiger partial charge in [0, 0.05) is 19.2 Å². The van der Waals surface area contributed by atoms with E-state index in [1.165, 1.54) is 7.05 Å². The van der Waals surface area contributed by atoms with Crippen LogP contribution < -0.4 is 5.32 Å². The molecule has 2 aromatic carbocycles. The van der Waals surface area contributed by atoms with E-state index in [2.05, 4.69) is 5.32 Å². The van der Waals surface area contributed by atoms with Crippen LogP contribution in [0.1, 0.15) is 11.1 Å². The van der Waals surface area contributed by atoms with Gasteiger partial charge in [-0.05, 0) is 17.2 Å². The third kappa shape index (κ3) is 3.34. The van der Waals surface area contributed by atoms with Crippen molar-refractivity contribution < 1.29 is 14.3 Å². The summed E-state index contributed by atoms with van der Waals surface area (Å²) in [6.45, 7) is 0.148. The number of carbonyl (C=O) groups excluding carboxylic acids is 2. The van der Waals surface area contributed by atoms with Crippen LogP contribution in [0.4, 0.5) is 10.5 Å². The molecule has 3 rings (SSSR count). The molecule has 0 unspecified atom stereocenters. The number of hydrogen-bond acceptors (Lipinski definition) is 4. The second-order valence-electron chi connectivity index (χ2n) is 5.50. The molecule has 23 heavy (non-hydrogen) atoms. The maximum atomic E-state index is 12.4. The van der Waals surface area contributed by atoms with Crippen molar-refractivity contribution in [2.75, 3.05) is 12.4 Å². The minimum atomic E-state index is -0.642. The Kier molecular flexibility index (Phi) is 4.28. The van der Waals surface area contributed by atoms with Gasteiger partial charge in [0.05, 0.1) is 0 Å². The van der Waals surface area contributed by atoms with Gasteiger partial charge in [0.15, 0.2) is 0 Å². The molecule has 2 aromatic rings. The van der Waals surface area contributed by atoms with E-state index in [1.807, 2.05) is 54.6 Å². The molecule has 5 nitrogen and oxygen atoms in total. The molecule has 1 N–H and O–H groups in total. The van der Waals surface area contributed by atoms with Gasteiger partial charge in [-0.2, -0.15) is 0 Å². The van der Waals surface area contributed by atoms with Crippen molar-refractivity contribution in [2.24, 2.45) is 0 Å². The Labute approximate surface area is 134 Å². The zero-order valence-corrected chi connectivity index (χ0v) is 12.9. The molecule has 0 bridgehead atoms. The lowest BCUT2D eigenvalue weighted by Gasteiger charge is -2.19. The predicted molar refractivity (Wildman–Crippen MR) is 87.0 cm³/mol. The Morgan fingerprint density at radius 1 is 1.13 bits per heavy atom. The van der Waals surface area contributed by atoms with Crippen molar-refractivity contribution in [3.8, 4) is 0 Å². The summed E-state index contributed by atoms with van der Waals surface area (Å²) in [7, 11) is 1.44. The van der Waals surface area contributed by atoms with Crippen LogP contribution in [0, 0.1) is 0 Å². The average molecular weight is 310 g/mol. The lowest BCUT2D eigenvalue weighted by atomic mass is 10.1. The third-order valence-electron chi connectivity index (χ3n) is 3.88. The van der Waals surface area contributed by atoms with Crippen LogP contribution in [0.3, 0.4) is 0 Å². The molecular formula is C18H18N2O3. The number of nitrogens with one attached hydrogen (secondary N) is 1. The fraction of sp³-hybridized carbons (Fsp3) is 0.222. The molecule has 0 aromatic heterocycles. The van der Waals surface area contributed by atoms with E-state index in [0.717, 1.165) is 21.7 Å². The van der Waals surface area contributed by atoms with Gasteiger partial charge in [-0.25, -0.2) is 9.69 Å². The number of fused-ring (bicyclic) bond motifs is 1. The van der Waals surface area contributed by atoms with E-state index >= 15 is 0 Å². The normalized spacial score (nSPS) is 15.4. The lowest BCUT2D eigenvalue weighted by Crippen LogP contribution is -2.43. The summed E-state index contributed by atoms with van der Waals surface area (Å²) in [5.41, 5.74) is 2.90. The Morgan fingerprint density at radius 3 is 2.57 bits per heavy atom. The van der Waals surface area contributed by atoms with Crippen LogP contribution >= 0.6 is 0 Å². The van der Waals surface area contributed by atoms with Crippen LogP contribution in [0.5, 0.6) is 0 Å². The van der Waals surface area contributed by atoms with Crippen molar-refractivity contribution in [3.05, 3.63) is 65.7 Å². The summed E-state index contributed by atoms with van der Waals surface area (Å²) in [4.78, 5) is 25.5. The number of hydrogen-bond donors (Lipinski definition) is 1. The highest BCUT2D eigenvalue weighted by Crippen LogP contribution is 2.25. The van der Waals surface area contributed by atoms with Gasteiger partial charge in [-0.3, -0.25) is 4.79 Å². The summed E-state index contributed by atoms with van der Waals surface area (Å²) in [6, 6.07) is 16.7. The van der Waals surface area contributed by atoms with Crippen molar-refractivity contribution in [2.45, 2.75) is 19.1 Å². The first-order valence-electron chi connectivity index (χ1n) is 7.48. The summed E-state index contributed by atoms with van der Waals surface area (Å²) < 4.78 is 5.19. The minimum absolute atomic E-state index is 0.148. The van der Waals surface area contributed by atoms with Crippen molar-refractivity contribution in [3.63, 3.8) is 0 Å². The summed E-state index contributed by atoms with van der Waals surface area (Å²) in [5.74, 6) is -0.292. The van der Waals surface area contributed by atoms with Gasteiger partial charge in [-0.15, -0.1) is 0 Å². The molecule has 2 amide bonds. The SMILES string of the molecule is CN(C(=O)OCc1ccccc1)C(=O)[C@@H]1Cc2ccccc2N1. The summed E-state index contributed by atoms with van der Waals surface area (Å²) in [5, 5.41) is 3.14. The zero-order valence-electron chi connectivity index (χ0n) is 12.9. The highest BCUT2D eigenvalue weighted by Gasteiger charge is 2.31. The molecule has 5 heteroatoms. The summed E-state index contributed by atoms with van der Waals surface area (Å²) in [6.07, 6.45) is -0.0673. The largest absolute Gasteiger partial charge is 0.444 e. The van der Waals surface area contributed by atoms with Crippen LogP contribution in [0.2, 0.25) is 0 Å². The average Bonchev–Trinajstić information content (AvgIpc) is 3.03. The van der Waals surface area contributed by atoms with Crippen molar-refractivity contribution in [1.82, 2.24) is 4.90 Å². The molecule has 0 saturated carbocycles. The van der Waals surface area contributed by atoms with Gasteiger partial charge < -0.3 is 10.1 Å². The van der Waals surface area contributed by atoms with Gasteiger partial charge >= 0.3 is 6.09 Å². The first kappa shape index (κ1) is 15.1. The number of anilines is 1. The van der Waals surface area contributed by atoms with E-state index in [-0.39, 0.29) is 12.5 Å². The molecule has 1 atom stereocenters. The Morgan fingerprint density at radius 2 is 1.83 bits per heavy atom. The smallest absolute Gasteiger partial charge is 0.416 e. The van der Waals surface area contributed by atoms with Crippen LogP contribution in [-0.2, 0) is 22.6 Å². The molecule has 0 saturated heterocycles. The molecule has 0 radical (unpaired) electrons. The van der Waals surface area contributed by atoms with E-state index in [1.54, 1.807) is 0 Å². The third-order valence-corrected chi connectivity index (χ3v) is 3.88. The predicted octanol–water partition coefficient (Wildman–Crippen LogP) is 2.82. The number of ether oxygens (including phenoxy) is 1. The minimum Gasteiger partial charge on any atom is -0.444 e. The first-order valence-corrected chi connectivity index (χ1v) is 7.48. The van der Waals surface area contributed by atoms with Crippen LogP contribution in [-0.4, -0.2) is 30.0 Å². The Balaban J connectivity index is 1.56. The van der Waals surface area contributed by atoms with E-state index in [0.29, 0.717) is 6.42 Å². The van der Waals surface area contributed by atoms with Crippen LogP contribution in [0.15, 0.2) is 54.6 Å². The first-order chi connectivity index (χ1) is 11.1. The fourth-order valence-electron chi connectivity index (χ4n) is 2.59. The van der Waals surface area contributed by atoms with E-state index in [9.17, 15) is 9.59 Å². The fourth-order valence-corrected chi connectivity index (χ4v) is 2.59. The second-order valence-corrected chi connectivity index (χ2v) is 5.50. The molecule has 0 fully saturated rings. The van der Waals surface area contributed by atoms with Gasteiger partial charge in [0.25, 0.3) is 5.91 Å². The van der Waals surface area contributed by atoms with E-state index < -0.39 is 12.1 Å². The number of likely N-dealkylation sites (N-methyl/N-ethyl adjacent to an activating group) is 1. The van der Waals surface area contributed by atoms with E-state index in [4.69, 9.17) is 4.74 Å². The van der Waals surface area contributed by atoms with Gasteiger partial charge in [0.1, 0.15) is 12.6 Å². The molecule has 1 heterocycles. The molecule has 1 aliphatic heterocycles. The molecule has 118 valence electrons. The number of rotatable bonds is 3. The summed E-state index contributed by atoms with van der Waals surface area (Å²) >= 11 is 0. The number of para-hydroxylation sites is 1. The molecular weight excluding hydrogens is 292 g/mol. The highest BCUT2D eigenvalue weighted by molar-refractivity contribution is 5.97. The van der Waals surface area contributed by atoms with Crippen molar-refractivity contribution >= 4 is 17.7 Å². The van der Waals surface area contributed by atoms with Crippen LogP contribution in [0.25, 0.3) is 0 Å². The monoisotopic (exact) mass is 310 g/mol. The number of nitrogens with zero attached hydrogens (tertiary/aromatic N) is 1. The maximum Gasteiger partial charge on any atom is 0.416 e. The van der Waals surface area contributed by atoms with Gasteiger partial charge in [-0.1, -0.05) is 48.5 Å². The molecule has 0 spiro atoms. The number of amides is 2. The second kappa shape index (κ2) is 6.52. The number of carbonyl (C=O) groups is 2. The quantitative estimate of drug-likeness (QED) is 0.947. The molecule has 0 aliphatic carbocycles. The molecule has 1 aliphatic rings. The maximum absolute atomic E-state index is 12.4. The topological polar surface area (TPSA) is 58.6 Å².